The van der Waals surface area contributed by atoms with Gasteiger partial charge in [-0.1, -0.05) is 36.4 Å². The monoisotopic (exact) mass is 415 g/mol. The van der Waals surface area contributed by atoms with Crippen molar-refractivity contribution in [2.24, 2.45) is 0 Å². The molecule has 2 aliphatic rings. The molecule has 2 aliphatic heterocycles. The Hall–Kier alpha value is -2.87. The Morgan fingerprint density at radius 3 is 2.24 bits per heavy atom. The fourth-order valence-electron chi connectivity index (χ4n) is 3.87. The summed E-state index contributed by atoms with van der Waals surface area (Å²) in [5.74, 6) is -0.715. The van der Waals surface area contributed by atoms with Gasteiger partial charge in [0.15, 0.2) is 16.4 Å². The molecule has 1 atom stereocenters. The molecule has 152 valence electrons. The molecule has 7 nitrogen and oxygen atoms in total. The summed E-state index contributed by atoms with van der Waals surface area (Å²) in [6.07, 6.45) is 0.343. The van der Waals surface area contributed by atoms with Gasteiger partial charge < -0.3 is 14.8 Å². The number of nitrogens with one attached hydrogen (secondary N) is 1. The van der Waals surface area contributed by atoms with Crippen LogP contribution in [0.1, 0.15) is 30.4 Å². The van der Waals surface area contributed by atoms with Crippen molar-refractivity contribution in [3.05, 3.63) is 59.7 Å². The van der Waals surface area contributed by atoms with E-state index in [1.165, 1.54) is 0 Å². The van der Waals surface area contributed by atoms with Crippen LogP contribution in [0.5, 0.6) is 11.5 Å². The van der Waals surface area contributed by atoms with Crippen molar-refractivity contribution in [2.75, 3.05) is 18.1 Å². The summed E-state index contributed by atoms with van der Waals surface area (Å²) in [7, 11) is -3.15. The highest BCUT2D eigenvalue weighted by molar-refractivity contribution is 7.91. The average molecular weight is 415 g/mol. The van der Waals surface area contributed by atoms with E-state index in [4.69, 9.17) is 9.47 Å². The average Bonchev–Trinajstić information content (AvgIpc) is 2.96. The summed E-state index contributed by atoms with van der Waals surface area (Å²) in [6, 6.07) is 14.4. The van der Waals surface area contributed by atoms with E-state index in [9.17, 15) is 18.0 Å². The predicted molar refractivity (Wildman–Crippen MR) is 106 cm³/mol. The molecule has 0 spiro atoms. The third-order valence-corrected chi connectivity index (χ3v) is 7.11. The van der Waals surface area contributed by atoms with Crippen molar-refractivity contribution in [3.63, 3.8) is 0 Å². The fourth-order valence-corrected chi connectivity index (χ4v) is 5.96. The van der Waals surface area contributed by atoms with Gasteiger partial charge in [0.1, 0.15) is 17.4 Å². The zero-order valence-corrected chi connectivity index (χ0v) is 16.7. The number of hydrogen-bond donors (Lipinski definition) is 1. The Morgan fingerprint density at radius 2 is 1.69 bits per heavy atom. The smallest absolute Gasteiger partial charge is 0.318 e. The minimum atomic E-state index is -3.15. The molecule has 2 aromatic rings. The molecule has 1 N–H and O–H groups in total. The number of carbonyl (C=O) groups is 2. The van der Waals surface area contributed by atoms with Crippen molar-refractivity contribution in [2.45, 2.75) is 24.8 Å². The maximum Gasteiger partial charge on any atom is 0.318 e. The first-order chi connectivity index (χ1) is 13.8. The molecule has 29 heavy (non-hydrogen) atoms. The van der Waals surface area contributed by atoms with Crippen LogP contribution in [0.4, 0.5) is 0 Å². The summed E-state index contributed by atoms with van der Waals surface area (Å²) in [5, 5.41) is 2.69. The van der Waals surface area contributed by atoms with E-state index in [1.807, 2.05) is 24.3 Å². The Bertz CT molecular complexity index is 1030. The number of carbonyl (C=O) groups excluding carboxylic acids is 2. The Kier molecular flexibility index (Phi) is 4.82. The van der Waals surface area contributed by atoms with Crippen LogP contribution >= 0.6 is 0 Å². The first-order valence-electron chi connectivity index (χ1n) is 9.30. The molecule has 0 aromatic heterocycles. The molecule has 0 aliphatic carbocycles. The van der Waals surface area contributed by atoms with Crippen LogP contribution in [-0.4, -0.2) is 43.9 Å². The summed E-state index contributed by atoms with van der Waals surface area (Å²) < 4.78 is 34.5. The molecular weight excluding hydrogens is 394 g/mol. The molecule has 8 heteroatoms. The van der Waals surface area contributed by atoms with Crippen LogP contribution < -0.4 is 10.1 Å². The van der Waals surface area contributed by atoms with Crippen LogP contribution in [0.25, 0.3) is 0 Å². The van der Waals surface area contributed by atoms with Crippen molar-refractivity contribution < 1.29 is 27.5 Å². The lowest BCUT2D eigenvalue weighted by Gasteiger charge is -2.27. The molecule has 0 saturated carbocycles. The van der Waals surface area contributed by atoms with E-state index in [2.05, 4.69) is 5.32 Å². The van der Waals surface area contributed by atoms with Crippen LogP contribution in [0.15, 0.2) is 48.5 Å². The Balaban J connectivity index is 1.47. The van der Waals surface area contributed by atoms with Gasteiger partial charge in [-0.3, -0.25) is 9.59 Å². The van der Waals surface area contributed by atoms with Crippen LogP contribution in [0.2, 0.25) is 0 Å². The minimum absolute atomic E-state index is 0.0409. The maximum atomic E-state index is 12.9. The van der Waals surface area contributed by atoms with Gasteiger partial charge in [-0.15, -0.1) is 0 Å². The molecule has 0 bridgehead atoms. The zero-order chi connectivity index (χ0) is 20.6. The quantitative estimate of drug-likeness (QED) is 0.769. The van der Waals surface area contributed by atoms with E-state index < -0.39 is 39.8 Å². The van der Waals surface area contributed by atoms with Crippen LogP contribution in [0.3, 0.4) is 0 Å². The van der Waals surface area contributed by atoms with E-state index in [0.29, 0.717) is 29.0 Å². The predicted octanol–water partition coefficient (Wildman–Crippen LogP) is 2.16. The highest BCUT2D eigenvalue weighted by atomic mass is 32.2. The topological polar surface area (TPSA) is 98.8 Å². The van der Waals surface area contributed by atoms with Crippen molar-refractivity contribution >= 4 is 21.7 Å². The highest BCUT2D eigenvalue weighted by Gasteiger charge is 2.40. The van der Waals surface area contributed by atoms with Crippen molar-refractivity contribution in [1.82, 2.24) is 5.32 Å². The van der Waals surface area contributed by atoms with Gasteiger partial charge in [0.2, 0.25) is 0 Å². The maximum absolute atomic E-state index is 12.9. The zero-order valence-electron chi connectivity index (χ0n) is 15.9. The third kappa shape index (κ3) is 3.98. The fraction of sp³-hybridized carbons (Fsp3) is 0.333. The van der Waals surface area contributed by atoms with Gasteiger partial charge in [-0.05, 0) is 25.5 Å². The SMILES string of the molecule is C[C@@]1(NC(=O)COC(=O)C2c3ccccc3Oc3ccccc32)CCS(=O)(=O)C1. The van der Waals surface area contributed by atoms with Gasteiger partial charge in [0.25, 0.3) is 5.91 Å². The standard InChI is InChI=1S/C21H21NO6S/c1-21(10-11-29(25,26)13-21)22-18(23)12-27-20(24)19-14-6-2-4-8-16(14)28-17-9-5-3-7-15(17)19/h2-9,19H,10-13H2,1H3,(H,22,23)/t21-/m1/s1. The molecule has 0 unspecified atom stereocenters. The largest absolute Gasteiger partial charge is 0.457 e. The summed E-state index contributed by atoms with van der Waals surface area (Å²) >= 11 is 0. The van der Waals surface area contributed by atoms with E-state index >= 15 is 0 Å². The number of esters is 1. The van der Waals surface area contributed by atoms with Crippen molar-refractivity contribution in [3.8, 4) is 11.5 Å². The summed E-state index contributed by atoms with van der Waals surface area (Å²) in [6.45, 7) is 1.21. The number of ether oxygens (including phenoxy) is 2. The lowest BCUT2D eigenvalue weighted by molar-refractivity contribution is -0.149. The first-order valence-corrected chi connectivity index (χ1v) is 11.1. The molecule has 4 rings (SSSR count). The van der Waals surface area contributed by atoms with Gasteiger partial charge >= 0.3 is 5.97 Å². The van der Waals surface area contributed by atoms with E-state index in [-0.39, 0.29) is 11.5 Å². The number of fused-ring (bicyclic) bond motifs is 2. The number of sulfone groups is 1. The third-order valence-electron chi connectivity index (χ3n) is 5.21. The second kappa shape index (κ2) is 7.18. The highest BCUT2D eigenvalue weighted by Crippen LogP contribution is 2.44. The first kappa shape index (κ1) is 19.4. The second-order valence-electron chi connectivity index (χ2n) is 7.67. The van der Waals surface area contributed by atoms with Gasteiger partial charge in [-0.2, -0.15) is 0 Å². The molecular formula is C21H21NO6S. The number of amides is 1. The van der Waals surface area contributed by atoms with Gasteiger partial charge in [-0.25, -0.2) is 8.42 Å². The Morgan fingerprint density at radius 1 is 1.10 bits per heavy atom. The normalized spacial score (nSPS) is 22.1. The van der Waals surface area contributed by atoms with Crippen LogP contribution in [0, 0.1) is 0 Å². The van der Waals surface area contributed by atoms with Crippen LogP contribution in [-0.2, 0) is 24.2 Å². The molecule has 1 saturated heterocycles. The van der Waals surface area contributed by atoms with E-state index in [1.54, 1.807) is 31.2 Å². The number of para-hydroxylation sites is 2. The summed E-state index contributed by atoms with van der Waals surface area (Å²) in [5.41, 5.74) is 0.510. The second-order valence-corrected chi connectivity index (χ2v) is 9.85. The molecule has 2 heterocycles. The molecule has 1 amide bonds. The molecule has 0 radical (unpaired) electrons. The van der Waals surface area contributed by atoms with Gasteiger partial charge in [0, 0.05) is 11.1 Å². The van der Waals surface area contributed by atoms with E-state index in [0.717, 1.165) is 0 Å². The number of benzene rings is 2. The lowest BCUT2D eigenvalue weighted by Crippen LogP contribution is -2.48. The number of rotatable bonds is 4. The van der Waals surface area contributed by atoms with Crippen molar-refractivity contribution in [1.29, 1.82) is 0 Å². The molecule has 1 fully saturated rings. The Labute approximate surface area is 168 Å². The summed E-state index contributed by atoms with van der Waals surface area (Å²) in [4.78, 5) is 25.2. The van der Waals surface area contributed by atoms with Gasteiger partial charge in [0.05, 0.1) is 17.0 Å². The molecule has 2 aromatic carbocycles. The lowest BCUT2D eigenvalue weighted by atomic mass is 9.88. The minimum Gasteiger partial charge on any atom is -0.457 e. The number of hydrogen-bond acceptors (Lipinski definition) is 6.